The zero-order valence-electron chi connectivity index (χ0n) is 22.0. The first-order chi connectivity index (χ1) is 17.7. The van der Waals surface area contributed by atoms with Gasteiger partial charge in [-0.15, -0.1) is 11.3 Å². The zero-order chi connectivity index (χ0) is 26.0. The molecular formula is C28H35N5O3S. The van der Waals surface area contributed by atoms with Crippen molar-refractivity contribution >= 4 is 21.6 Å². The fourth-order valence-electron chi connectivity index (χ4n) is 4.53. The average molecular weight is 522 g/mol. The van der Waals surface area contributed by atoms with Crippen molar-refractivity contribution in [2.75, 3.05) is 39.3 Å². The average Bonchev–Trinajstić information content (AvgIpc) is 3.49. The summed E-state index contributed by atoms with van der Waals surface area (Å²) in [5, 5.41) is 15.8. The molecule has 1 aliphatic heterocycles. The molecule has 4 aromatic rings. The number of piperazine rings is 1. The van der Waals surface area contributed by atoms with Crippen molar-refractivity contribution in [1.29, 1.82) is 0 Å². The Morgan fingerprint density at radius 3 is 2.49 bits per heavy atom. The van der Waals surface area contributed by atoms with E-state index in [-0.39, 0.29) is 12.0 Å². The number of benzene rings is 2. The van der Waals surface area contributed by atoms with Crippen molar-refractivity contribution in [1.82, 2.24) is 24.9 Å². The molecule has 0 bridgehead atoms. The Hall–Kier alpha value is -2.85. The SMILES string of the molecule is Cc1nc2cc(OCC(O)CN3CCN(Cc4noc(-c5ccc(C(C)(C)C)cc5)n4)CC3)ccc2s1. The molecule has 1 fully saturated rings. The predicted octanol–water partition coefficient (Wildman–Crippen LogP) is 4.51. The molecule has 5 rings (SSSR count). The van der Waals surface area contributed by atoms with Crippen molar-refractivity contribution in [3.63, 3.8) is 0 Å². The molecule has 0 radical (unpaired) electrons. The molecule has 3 heterocycles. The van der Waals surface area contributed by atoms with Crippen molar-refractivity contribution in [2.45, 2.75) is 45.8 Å². The number of rotatable bonds is 8. The highest BCUT2D eigenvalue weighted by Gasteiger charge is 2.22. The first kappa shape index (κ1) is 25.8. The van der Waals surface area contributed by atoms with E-state index in [0.717, 1.165) is 52.7 Å². The van der Waals surface area contributed by atoms with Gasteiger partial charge in [0.25, 0.3) is 5.89 Å². The van der Waals surface area contributed by atoms with E-state index in [1.165, 1.54) is 5.56 Å². The van der Waals surface area contributed by atoms with Crippen molar-refractivity contribution < 1.29 is 14.4 Å². The molecule has 8 nitrogen and oxygen atoms in total. The largest absolute Gasteiger partial charge is 0.491 e. The molecule has 0 spiro atoms. The third kappa shape index (κ3) is 6.54. The molecule has 1 N–H and O–H groups in total. The summed E-state index contributed by atoms with van der Waals surface area (Å²) < 4.78 is 12.5. The summed E-state index contributed by atoms with van der Waals surface area (Å²) in [7, 11) is 0. The monoisotopic (exact) mass is 521 g/mol. The van der Waals surface area contributed by atoms with E-state index < -0.39 is 6.10 Å². The van der Waals surface area contributed by atoms with Crippen LogP contribution in [0.3, 0.4) is 0 Å². The Kier molecular flexibility index (Phi) is 7.57. The lowest BCUT2D eigenvalue weighted by Crippen LogP contribution is -2.48. The standard InChI is InChI=1S/C28H35N5O3S/c1-19-29-24-15-23(9-10-25(24)37-19)35-18-22(34)16-32-11-13-33(14-12-32)17-26-30-27(36-31-26)20-5-7-21(8-6-20)28(2,3)4/h5-10,15,22,34H,11-14,16-18H2,1-4H3. The van der Waals surface area contributed by atoms with Crippen LogP contribution in [0.1, 0.15) is 37.2 Å². The third-order valence-electron chi connectivity index (χ3n) is 6.67. The van der Waals surface area contributed by atoms with Crippen LogP contribution in [0.4, 0.5) is 0 Å². The number of aliphatic hydroxyl groups is 1. The van der Waals surface area contributed by atoms with Gasteiger partial charge in [-0.25, -0.2) is 4.98 Å². The maximum absolute atomic E-state index is 10.5. The molecule has 0 saturated carbocycles. The smallest absolute Gasteiger partial charge is 0.257 e. The topological polar surface area (TPSA) is 87.8 Å². The number of β-amino-alcohol motifs (C(OH)–C–C–N with tert-alkyl or cyclic N) is 1. The van der Waals surface area contributed by atoms with Crippen molar-refractivity contribution in [2.24, 2.45) is 0 Å². The minimum absolute atomic E-state index is 0.111. The van der Waals surface area contributed by atoms with Crippen LogP contribution < -0.4 is 4.74 Å². The van der Waals surface area contributed by atoms with Gasteiger partial charge in [-0.2, -0.15) is 4.98 Å². The van der Waals surface area contributed by atoms with Gasteiger partial charge in [-0.3, -0.25) is 9.80 Å². The van der Waals surface area contributed by atoms with Gasteiger partial charge in [0.05, 0.1) is 21.8 Å². The van der Waals surface area contributed by atoms with Gasteiger partial charge < -0.3 is 14.4 Å². The lowest BCUT2D eigenvalue weighted by Gasteiger charge is -2.34. The Morgan fingerprint density at radius 1 is 1.03 bits per heavy atom. The molecule has 1 unspecified atom stereocenters. The van der Waals surface area contributed by atoms with E-state index in [1.54, 1.807) is 11.3 Å². The molecule has 1 saturated heterocycles. The maximum Gasteiger partial charge on any atom is 0.257 e. The summed E-state index contributed by atoms with van der Waals surface area (Å²) in [6.45, 7) is 13.6. The van der Waals surface area contributed by atoms with Gasteiger partial charge in [0, 0.05) is 44.4 Å². The molecule has 1 atom stereocenters. The lowest BCUT2D eigenvalue weighted by atomic mass is 9.87. The Morgan fingerprint density at radius 2 is 1.76 bits per heavy atom. The van der Waals surface area contributed by atoms with Gasteiger partial charge >= 0.3 is 0 Å². The van der Waals surface area contributed by atoms with Crippen LogP contribution in [0, 0.1) is 6.92 Å². The van der Waals surface area contributed by atoms with Crippen LogP contribution in [0.15, 0.2) is 47.0 Å². The van der Waals surface area contributed by atoms with Crippen molar-refractivity contribution in [3.05, 3.63) is 58.9 Å². The molecule has 2 aromatic heterocycles. The number of aromatic nitrogens is 3. The second kappa shape index (κ2) is 10.9. The van der Waals surface area contributed by atoms with Crippen LogP contribution in [0.25, 0.3) is 21.7 Å². The first-order valence-electron chi connectivity index (χ1n) is 12.8. The summed E-state index contributed by atoms with van der Waals surface area (Å²) in [4.78, 5) is 13.7. The number of ether oxygens (including phenoxy) is 1. The number of aryl methyl sites for hydroxylation is 1. The van der Waals surface area contributed by atoms with Crippen LogP contribution >= 0.6 is 11.3 Å². The third-order valence-corrected chi connectivity index (χ3v) is 7.63. The van der Waals surface area contributed by atoms with Crippen LogP contribution in [0.2, 0.25) is 0 Å². The lowest BCUT2D eigenvalue weighted by molar-refractivity contribution is 0.0440. The highest BCUT2D eigenvalue weighted by Crippen LogP contribution is 2.27. The van der Waals surface area contributed by atoms with Gasteiger partial charge in [0.15, 0.2) is 5.82 Å². The Bertz CT molecular complexity index is 1320. The second-order valence-corrected chi connectivity index (χ2v) is 12.0. The molecular weight excluding hydrogens is 486 g/mol. The minimum Gasteiger partial charge on any atom is -0.491 e. The van der Waals surface area contributed by atoms with Gasteiger partial charge in [-0.1, -0.05) is 38.1 Å². The van der Waals surface area contributed by atoms with E-state index in [1.807, 2.05) is 37.3 Å². The summed E-state index contributed by atoms with van der Waals surface area (Å²) in [5.74, 6) is 2.00. The van der Waals surface area contributed by atoms with Crippen LogP contribution in [-0.4, -0.2) is 75.5 Å². The van der Waals surface area contributed by atoms with E-state index in [2.05, 4.69) is 57.8 Å². The molecule has 37 heavy (non-hydrogen) atoms. The number of thiazole rings is 1. The van der Waals surface area contributed by atoms with Crippen LogP contribution in [0.5, 0.6) is 5.75 Å². The molecule has 2 aromatic carbocycles. The number of hydrogen-bond donors (Lipinski definition) is 1. The van der Waals surface area contributed by atoms with E-state index >= 15 is 0 Å². The maximum atomic E-state index is 10.5. The molecule has 1 aliphatic rings. The van der Waals surface area contributed by atoms with E-state index in [9.17, 15) is 5.11 Å². The zero-order valence-corrected chi connectivity index (χ0v) is 22.8. The fourth-order valence-corrected chi connectivity index (χ4v) is 5.34. The normalized spacial score (nSPS) is 16.4. The molecule has 0 amide bonds. The quantitative estimate of drug-likeness (QED) is 0.362. The molecule has 196 valence electrons. The van der Waals surface area contributed by atoms with Gasteiger partial charge in [0.1, 0.15) is 18.5 Å². The predicted molar refractivity (Wildman–Crippen MR) is 146 cm³/mol. The van der Waals surface area contributed by atoms with E-state index in [4.69, 9.17) is 9.26 Å². The highest BCUT2D eigenvalue weighted by molar-refractivity contribution is 7.18. The summed E-state index contributed by atoms with van der Waals surface area (Å²) in [6, 6.07) is 14.2. The van der Waals surface area contributed by atoms with Crippen LogP contribution in [-0.2, 0) is 12.0 Å². The number of nitrogens with zero attached hydrogens (tertiary/aromatic N) is 5. The van der Waals surface area contributed by atoms with Gasteiger partial charge in [-0.05, 0) is 42.2 Å². The Labute approximate surface area is 221 Å². The molecule has 0 aliphatic carbocycles. The number of aliphatic hydroxyl groups excluding tert-OH is 1. The molecule has 9 heteroatoms. The van der Waals surface area contributed by atoms with Crippen molar-refractivity contribution in [3.8, 4) is 17.2 Å². The summed E-state index contributed by atoms with van der Waals surface area (Å²) in [6.07, 6.45) is -0.552. The second-order valence-electron chi connectivity index (χ2n) is 10.7. The minimum atomic E-state index is -0.552. The number of hydrogen-bond acceptors (Lipinski definition) is 9. The summed E-state index contributed by atoms with van der Waals surface area (Å²) >= 11 is 1.67. The number of fused-ring (bicyclic) bond motifs is 1. The fraction of sp³-hybridized carbons (Fsp3) is 0.464. The van der Waals surface area contributed by atoms with E-state index in [0.29, 0.717) is 24.8 Å². The first-order valence-corrected chi connectivity index (χ1v) is 13.6. The van der Waals surface area contributed by atoms with Gasteiger partial charge in [0.2, 0.25) is 0 Å². The Balaban J connectivity index is 1.06. The highest BCUT2D eigenvalue weighted by atomic mass is 32.1. The summed E-state index contributed by atoms with van der Waals surface area (Å²) in [5.41, 5.74) is 3.27.